The van der Waals surface area contributed by atoms with Crippen LogP contribution in [0.3, 0.4) is 0 Å². The molecule has 1 heterocycles. The molecule has 0 unspecified atom stereocenters. The number of ether oxygens (including phenoxy) is 2. The van der Waals surface area contributed by atoms with Crippen molar-refractivity contribution in [2.75, 3.05) is 42.5 Å². The van der Waals surface area contributed by atoms with E-state index in [-0.39, 0.29) is 30.0 Å². The number of methoxy groups -OCH3 is 2. The van der Waals surface area contributed by atoms with Crippen LogP contribution in [0, 0.1) is 0 Å². The standard InChI is InChI=1S/C20H24N2O5S/c1-26-17-8-9-18(19(12-17)27-2)21-13-20(23)22(15-6-4-3-5-7-15)16-10-11-28(24,25)14-16/h3-9,12,16,21H,10-11,13-14H2,1-2H3/t16-/m0/s1. The topological polar surface area (TPSA) is 84.9 Å². The van der Waals surface area contributed by atoms with Crippen LogP contribution in [0.5, 0.6) is 11.5 Å². The molecule has 0 aliphatic carbocycles. The van der Waals surface area contributed by atoms with E-state index in [1.807, 2.05) is 30.3 Å². The number of hydrogen-bond acceptors (Lipinski definition) is 6. The van der Waals surface area contributed by atoms with Crippen LogP contribution in [-0.4, -0.2) is 52.6 Å². The molecule has 8 heteroatoms. The van der Waals surface area contributed by atoms with Gasteiger partial charge in [-0.15, -0.1) is 0 Å². The lowest BCUT2D eigenvalue weighted by atomic mass is 10.1. The van der Waals surface area contributed by atoms with Gasteiger partial charge in [0.15, 0.2) is 9.84 Å². The van der Waals surface area contributed by atoms with Gasteiger partial charge in [-0.25, -0.2) is 8.42 Å². The Morgan fingerprint density at radius 2 is 1.89 bits per heavy atom. The van der Waals surface area contributed by atoms with Gasteiger partial charge in [0.25, 0.3) is 0 Å². The second-order valence-corrected chi connectivity index (χ2v) is 8.80. The third-order valence-corrected chi connectivity index (χ3v) is 6.47. The molecular formula is C20H24N2O5S. The zero-order chi connectivity index (χ0) is 20.1. The average Bonchev–Trinajstić information content (AvgIpc) is 3.06. The maximum Gasteiger partial charge on any atom is 0.246 e. The van der Waals surface area contributed by atoms with E-state index >= 15 is 0 Å². The summed E-state index contributed by atoms with van der Waals surface area (Å²) in [7, 11) is -0.00433. The van der Waals surface area contributed by atoms with Gasteiger partial charge in [-0.05, 0) is 30.7 Å². The Morgan fingerprint density at radius 1 is 1.14 bits per heavy atom. The number of amides is 1. The number of nitrogens with one attached hydrogen (secondary N) is 1. The largest absolute Gasteiger partial charge is 0.497 e. The number of anilines is 2. The maximum absolute atomic E-state index is 13.0. The Hall–Kier alpha value is -2.74. The number of para-hydroxylation sites is 1. The van der Waals surface area contributed by atoms with Crippen LogP contribution in [0.4, 0.5) is 11.4 Å². The fourth-order valence-corrected chi connectivity index (χ4v) is 5.03. The van der Waals surface area contributed by atoms with E-state index < -0.39 is 9.84 Å². The Labute approximate surface area is 165 Å². The fraction of sp³-hybridized carbons (Fsp3) is 0.350. The molecule has 0 saturated carbocycles. The first-order valence-electron chi connectivity index (χ1n) is 8.97. The van der Waals surface area contributed by atoms with E-state index in [4.69, 9.17) is 9.47 Å². The first-order valence-corrected chi connectivity index (χ1v) is 10.8. The third kappa shape index (κ3) is 4.56. The van der Waals surface area contributed by atoms with Crippen LogP contribution in [0.1, 0.15) is 6.42 Å². The van der Waals surface area contributed by atoms with Crippen molar-refractivity contribution in [1.82, 2.24) is 0 Å². The quantitative estimate of drug-likeness (QED) is 0.763. The zero-order valence-electron chi connectivity index (χ0n) is 15.9. The van der Waals surface area contributed by atoms with Gasteiger partial charge in [-0.2, -0.15) is 0 Å². The van der Waals surface area contributed by atoms with E-state index in [2.05, 4.69) is 5.32 Å². The zero-order valence-corrected chi connectivity index (χ0v) is 16.7. The van der Waals surface area contributed by atoms with E-state index in [1.54, 1.807) is 37.3 Å². The second kappa shape index (κ2) is 8.52. The fourth-order valence-electron chi connectivity index (χ4n) is 3.33. The number of carbonyl (C=O) groups excluding carboxylic acids is 1. The number of sulfone groups is 1. The summed E-state index contributed by atoms with van der Waals surface area (Å²) in [5.41, 5.74) is 1.35. The monoisotopic (exact) mass is 404 g/mol. The summed E-state index contributed by atoms with van der Waals surface area (Å²) in [6.45, 7) is 0.00807. The lowest BCUT2D eigenvalue weighted by Gasteiger charge is -2.29. The normalized spacial score (nSPS) is 17.7. The van der Waals surface area contributed by atoms with Crippen LogP contribution < -0.4 is 19.7 Å². The van der Waals surface area contributed by atoms with E-state index in [0.29, 0.717) is 29.3 Å². The van der Waals surface area contributed by atoms with Gasteiger partial charge in [0.05, 0.1) is 44.0 Å². The maximum atomic E-state index is 13.0. The number of carbonyl (C=O) groups is 1. The predicted molar refractivity (Wildman–Crippen MR) is 109 cm³/mol. The first kappa shape index (κ1) is 20.0. The lowest BCUT2D eigenvalue weighted by Crippen LogP contribution is -2.44. The SMILES string of the molecule is COc1ccc(NCC(=O)N(c2ccccc2)[C@H]2CCS(=O)(=O)C2)c(OC)c1. The Bertz CT molecular complexity index is 931. The molecule has 150 valence electrons. The molecule has 2 aromatic rings. The van der Waals surface area contributed by atoms with Crippen molar-refractivity contribution in [3.63, 3.8) is 0 Å². The molecule has 0 radical (unpaired) electrons. The first-order chi connectivity index (χ1) is 13.4. The van der Waals surface area contributed by atoms with Crippen LogP contribution >= 0.6 is 0 Å². The molecule has 0 spiro atoms. The molecule has 1 saturated heterocycles. The molecule has 1 aliphatic heterocycles. The van der Waals surface area contributed by atoms with E-state index in [9.17, 15) is 13.2 Å². The van der Waals surface area contributed by atoms with Crippen LogP contribution in [0.15, 0.2) is 48.5 Å². The van der Waals surface area contributed by atoms with Crippen LogP contribution in [0.2, 0.25) is 0 Å². The molecule has 28 heavy (non-hydrogen) atoms. The number of nitrogens with zero attached hydrogens (tertiary/aromatic N) is 1. The molecule has 3 rings (SSSR count). The van der Waals surface area contributed by atoms with Crippen molar-refractivity contribution in [3.8, 4) is 11.5 Å². The highest BCUT2D eigenvalue weighted by Gasteiger charge is 2.35. The molecule has 2 aromatic carbocycles. The Kier molecular flexibility index (Phi) is 6.08. The molecule has 0 aromatic heterocycles. The minimum absolute atomic E-state index is 0.00807. The van der Waals surface area contributed by atoms with Crippen molar-refractivity contribution < 1.29 is 22.7 Å². The predicted octanol–water partition coefficient (Wildman–Crippen LogP) is 2.34. The smallest absolute Gasteiger partial charge is 0.246 e. The van der Waals surface area contributed by atoms with Crippen molar-refractivity contribution in [2.45, 2.75) is 12.5 Å². The Balaban J connectivity index is 1.79. The van der Waals surface area contributed by atoms with E-state index in [0.717, 1.165) is 0 Å². The number of rotatable bonds is 7. The van der Waals surface area contributed by atoms with Gasteiger partial charge in [0.2, 0.25) is 5.91 Å². The van der Waals surface area contributed by atoms with Gasteiger partial charge in [0.1, 0.15) is 11.5 Å². The Morgan fingerprint density at radius 3 is 2.50 bits per heavy atom. The summed E-state index contributed by atoms with van der Waals surface area (Å²) in [5.74, 6) is 1.09. The van der Waals surface area contributed by atoms with Crippen molar-refractivity contribution in [2.24, 2.45) is 0 Å². The average molecular weight is 404 g/mol. The summed E-state index contributed by atoms with van der Waals surface area (Å²) < 4.78 is 34.4. The third-order valence-electron chi connectivity index (χ3n) is 4.72. The molecular weight excluding hydrogens is 380 g/mol. The van der Waals surface area contributed by atoms with Gasteiger partial charge >= 0.3 is 0 Å². The van der Waals surface area contributed by atoms with Gasteiger partial charge in [-0.1, -0.05) is 18.2 Å². The second-order valence-electron chi connectivity index (χ2n) is 6.58. The molecule has 1 fully saturated rings. The van der Waals surface area contributed by atoms with E-state index in [1.165, 1.54) is 0 Å². The van der Waals surface area contributed by atoms with Crippen molar-refractivity contribution in [1.29, 1.82) is 0 Å². The van der Waals surface area contributed by atoms with Gasteiger partial charge in [-0.3, -0.25) is 4.79 Å². The van der Waals surface area contributed by atoms with Crippen molar-refractivity contribution in [3.05, 3.63) is 48.5 Å². The van der Waals surface area contributed by atoms with Gasteiger partial charge < -0.3 is 19.7 Å². The minimum atomic E-state index is -3.12. The van der Waals surface area contributed by atoms with Crippen LogP contribution in [-0.2, 0) is 14.6 Å². The molecule has 1 amide bonds. The van der Waals surface area contributed by atoms with Gasteiger partial charge in [0, 0.05) is 11.8 Å². The summed E-state index contributed by atoms with van der Waals surface area (Å²) in [5, 5.41) is 3.09. The molecule has 7 nitrogen and oxygen atoms in total. The highest BCUT2D eigenvalue weighted by atomic mass is 32.2. The minimum Gasteiger partial charge on any atom is -0.497 e. The number of benzene rings is 2. The van der Waals surface area contributed by atoms with Crippen molar-refractivity contribution >= 4 is 27.1 Å². The molecule has 1 atom stereocenters. The molecule has 0 bridgehead atoms. The highest BCUT2D eigenvalue weighted by molar-refractivity contribution is 7.91. The lowest BCUT2D eigenvalue weighted by molar-refractivity contribution is -0.117. The molecule has 1 aliphatic rings. The summed E-state index contributed by atoms with van der Waals surface area (Å²) >= 11 is 0. The molecule has 1 N–H and O–H groups in total. The van der Waals surface area contributed by atoms with Crippen LogP contribution in [0.25, 0.3) is 0 Å². The number of hydrogen-bond donors (Lipinski definition) is 1. The summed E-state index contributed by atoms with van der Waals surface area (Å²) in [6, 6.07) is 14.1. The highest BCUT2D eigenvalue weighted by Crippen LogP contribution is 2.29. The summed E-state index contributed by atoms with van der Waals surface area (Å²) in [4.78, 5) is 14.6. The summed E-state index contributed by atoms with van der Waals surface area (Å²) in [6.07, 6.45) is 0.439.